The summed E-state index contributed by atoms with van der Waals surface area (Å²) in [4.78, 5) is 37.3. The van der Waals surface area contributed by atoms with E-state index in [-0.39, 0.29) is 32.0 Å². The molecule has 0 radical (unpaired) electrons. The second kappa shape index (κ2) is 33.8. The van der Waals surface area contributed by atoms with Crippen LogP contribution in [0.1, 0.15) is 194 Å². The van der Waals surface area contributed by atoms with Crippen LogP contribution in [0.25, 0.3) is 0 Å². The van der Waals surface area contributed by atoms with E-state index in [2.05, 4.69) is 13.8 Å². The number of phosphoric acid groups is 1. The van der Waals surface area contributed by atoms with Crippen LogP contribution in [0.3, 0.4) is 0 Å². The molecule has 0 amide bonds. The third-order valence-electron chi connectivity index (χ3n) is 9.13. The minimum absolute atomic E-state index is 0.0261. The molecule has 10 heteroatoms. The Morgan fingerprint density at radius 3 is 1.28 bits per heavy atom. The average Bonchev–Trinajstić information content (AvgIpc) is 3.06. The molecule has 0 aromatic heterocycles. The van der Waals surface area contributed by atoms with Gasteiger partial charge in [0.15, 0.2) is 6.10 Å². The van der Waals surface area contributed by atoms with Crippen molar-refractivity contribution in [3.8, 4) is 0 Å². The van der Waals surface area contributed by atoms with E-state index >= 15 is 0 Å². The Hall–Kier alpha value is -0.990. The van der Waals surface area contributed by atoms with E-state index in [1.165, 1.54) is 122 Å². The molecule has 0 saturated carbocycles. The zero-order chi connectivity index (χ0) is 37.2. The number of hydrogen-bond donors (Lipinski definition) is 0. The first-order chi connectivity index (χ1) is 24.0. The van der Waals surface area contributed by atoms with Gasteiger partial charge in [-0.2, -0.15) is 0 Å². The molecule has 0 spiro atoms. The van der Waals surface area contributed by atoms with E-state index in [0.29, 0.717) is 17.4 Å². The quantitative estimate of drug-likeness (QED) is 0.0267. The summed E-state index contributed by atoms with van der Waals surface area (Å²) in [6, 6.07) is 0. The molecule has 2 unspecified atom stereocenters. The molecule has 0 aliphatic rings. The van der Waals surface area contributed by atoms with Crippen LogP contribution in [0.4, 0.5) is 0 Å². The maximum Gasteiger partial charge on any atom is 0.306 e. The first-order valence-electron chi connectivity index (χ1n) is 20.7. The van der Waals surface area contributed by atoms with Crippen molar-refractivity contribution in [3.05, 3.63) is 0 Å². The van der Waals surface area contributed by atoms with Crippen LogP contribution in [0.5, 0.6) is 0 Å². The van der Waals surface area contributed by atoms with E-state index < -0.39 is 26.5 Å². The second-order valence-electron chi connectivity index (χ2n) is 15.4. The van der Waals surface area contributed by atoms with Crippen molar-refractivity contribution in [2.45, 2.75) is 200 Å². The van der Waals surface area contributed by atoms with E-state index in [0.717, 1.165) is 38.5 Å². The summed E-state index contributed by atoms with van der Waals surface area (Å²) in [5, 5.41) is 0. The van der Waals surface area contributed by atoms with E-state index in [1.807, 2.05) is 21.1 Å². The first-order valence-corrected chi connectivity index (χ1v) is 22.2. The van der Waals surface area contributed by atoms with Crippen molar-refractivity contribution >= 4 is 19.8 Å². The van der Waals surface area contributed by atoms with Gasteiger partial charge in [0.05, 0.1) is 27.7 Å². The zero-order valence-electron chi connectivity index (χ0n) is 33.4. The van der Waals surface area contributed by atoms with Gasteiger partial charge < -0.3 is 27.9 Å². The number of ether oxygens (including phenoxy) is 2. The fourth-order valence-electron chi connectivity index (χ4n) is 5.83. The highest BCUT2D eigenvalue weighted by Crippen LogP contribution is 2.38. The lowest BCUT2D eigenvalue weighted by Crippen LogP contribution is -2.37. The lowest BCUT2D eigenvalue weighted by Gasteiger charge is -2.28. The Bertz CT molecular complexity index is 835. The minimum atomic E-state index is -4.61. The monoisotopic (exact) mass is 734 g/mol. The predicted molar refractivity (Wildman–Crippen MR) is 204 cm³/mol. The minimum Gasteiger partial charge on any atom is -0.756 e. The van der Waals surface area contributed by atoms with Crippen LogP contribution in [0, 0.1) is 0 Å². The number of rotatable bonds is 38. The molecule has 0 bridgehead atoms. The number of quaternary nitrogens is 1. The molecule has 50 heavy (non-hydrogen) atoms. The molecule has 2 atom stereocenters. The number of esters is 2. The molecule has 298 valence electrons. The maximum absolute atomic E-state index is 12.6. The molecule has 0 fully saturated rings. The second-order valence-corrected chi connectivity index (χ2v) is 16.8. The van der Waals surface area contributed by atoms with Gasteiger partial charge in [0.25, 0.3) is 7.82 Å². The summed E-state index contributed by atoms with van der Waals surface area (Å²) in [5.74, 6) is -0.826. The number of likely N-dealkylation sites (N-methyl/N-ethyl adjacent to an activating group) is 1. The summed E-state index contributed by atoms with van der Waals surface area (Å²) in [5.41, 5.74) is 0. The van der Waals surface area contributed by atoms with Crippen LogP contribution >= 0.6 is 7.82 Å². The molecule has 0 N–H and O–H groups in total. The predicted octanol–water partition coefficient (Wildman–Crippen LogP) is 10.6. The normalized spacial score (nSPS) is 13.6. The number of phosphoric ester groups is 1. The third-order valence-corrected chi connectivity index (χ3v) is 10.1. The highest BCUT2D eigenvalue weighted by molar-refractivity contribution is 7.45. The Morgan fingerprint density at radius 2 is 0.900 bits per heavy atom. The third kappa shape index (κ3) is 36.8. The maximum atomic E-state index is 12.6. The number of carbonyl (C=O) groups is 2. The van der Waals surface area contributed by atoms with Crippen LogP contribution < -0.4 is 4.89 Å². The van der Waals surface area contributed by atoms with Crippen molar-refractivity contribution in [1.29, 1.82) is 0 Å². The van der Waals surface area contributed by atoms with E-state index in [4.69, 9.17) is 18.5 Å². The fraction of sp³-hybridized carbons (Fsp3) is 0.950. The van der Waals surface area contributed by atoms with Crippen LogP contribution in [-0.4, -0.2) is 70.0 Å². The van der Waals surface area contributed by atoms with Crippen LogP contribution in [-0.2, 0) is 32.7 Å². The van der Waals surface area contributed by atoms with Gasteiger partial charge in [-0.05, 0) is 12.8 Å². The van der Waals surface area contributed by atoms with Gasteiger partial charge in [0.2, 0.25) is 0 Å². The molecule has 0 aromatic rings. The largest absolute Gasteiger partial charge is 0.756 e. The van der Waals surface area contributed by atoms with Crippen molar-refractivity contribution in [2.24, 2.45) is 0 Å². The van der Waals surface area contributed by atoms with Gasteiger partial charge in [0.1, 0.15) is 19.8 Å². The summed E-state index contributed by atoms with van der Waals surface area (Å²) in [7, 11) is 1.18. The highest BCUT2D eigenvalue weighted by atomic mass is 31.2. The van der Waals surface area contributed by atoms with E-state index in [9.17, 15) is 19.0 Å². The Morgan fingerprint density at radius 1 is 0.540 bits per heavy atom. The number of hydrogen-bond acceptors (Lipinski definition) is 8. The number of unbranched alkanes of at least 4 members (excludes halogenated alkanes) is 24. The van der Waals surface area contributed by atoms with Crippen LogP contribution in [0.15, 0.2) is 0 Å². The fourth-order valence-corrected chi connectivity index (χ4v) is 6.56. The zero-order valence-corrected chi connectivity index (χ0v) is 34.3. The lowest BCUT2D eigenvalue weighted by molar-refractivity contribution is -0.870. The van der Waals surface area contributed by atoms with Gasteiger partial charge in [0, 0.05) is 12.8 Å². The Labute approximate surface area is 308 Å². The van der Waals surface area contributed by atoms with Gasteiger partial charge >= 0.3 is 11.9 Å². The van der Waals surface area contributed by atoms with Gasteiger partial charge in [-0.25, -0.2) is 0 Å². The standard InChI is InChI=1S/C40H80NO8P/c1-6-8-10-12-14-16-17-18-19-20-21-22-23-25-26-28-30-32-39(42)46-36-38(37-48-50(44,45)47-35-34-41(3,4)5)49-40(43)33-31-29-27-24-15-13-11-9-7-2/h38H,6-37H2,1-5H3. The number of nitrogens with zero attached hydrogens (tertiary/aromatic N) is 1. The molecule has 9 nitrogen and oxygen atoms in total. The summed E-state index contributed by atoms with van der Waals surface area (Å²) in [6.07, 6.45) is 31.3. The lowest BCUT2D eigenvalue weighted by atomic mass is 10.0. The first kappa shape index (κ1) is 49.0. The topological polar surface area (TPSA) is 111 Å². The van der Waals surface area contributed by atoms with Crippen LogP contribution in [0.2, 0.25) is 0 Å². The van der Waals surface area contributed by atoms with Crippen molar-refractivity contribution in [2.75, 3.05) is 47.5 Å². The summed E-state index contributed by atoms with van der Waals surface area (Å²) in [6.45, 7) is 4.22. The van der Waals surface area contributed by atoms with E-state index in [1.54, 1.807) is 0 Å². The Kier molecular flexibility index (Phi) is 33.2. The summed E-state index contributed by atoms with van der Waals surface area (Å²) >= 11 is 0. The van der Waals surface area contributed by atoms with Crippen molar-refractivity contribution < 1.29 is 42.1 Å². The Balaban J connectivity index is 4.27. The molecular weight excluding hydrogens is 653 g/mol. The SMILES string of the molecule is CCCCCCCCCCCCCCCCCCCC(=O)OCC(COP(=O)([O-])OCC[N+](C)(C)C)OC(=O)CCCCCCCCCCC. The molecule has 0 aliphatic carbocycles. The molecular formula is C40H80NO8P. The molecule has 0 aromatic carbocycles. The van der Waals surface area contributed by atoms with Crippen molar-refractivity contribution in [1.82, 2.24) is 0 Å². The molecule has 0 aliphatic heterocycles. The molecule has 0 saturated heterocycles. The van der Waals surface area contributed by atoms with Crippen molar-refractivity contribution in [3.63, 3.8) is 0 Å². The van der Waals surface area contributed by atoms with Gasteiger partial charge in [-0.3, -0.25) is 14.2 Å². The van der Waals surface area contributed by atoms with Gasteiger partial charge in [-0.15, -0.1) is 0 Å². The summed E-state index contributed by atoms with van der Waals surface area (Å²) < 4.78 is 33.8. The van der Waals surface area contributed by atoms with Gasteiger partial charge in [-0.1, -0.05) is 168 Å². The highest BCUT2D eigenvalue weighted by Gasteiger charge is 2.21. The number of carbonyl (C=O) groups excluding carboxylic acids is 2. The average molecular weight is 734 g/mol. The smallest absolute Gasteiger partial charge is 0.306 e. The molecule has 0 rings (SSSR count). The molecule has 0 heterocycles.